The molecular formula is C26H32N2O2. The number of aryl methyl sites for hydroxylation is 2. The van der Waals surface area contributed by atoms with E-state index in [-0.39, 0.29) is 17.6 Å². The highest BCUT2D eigenvalue weighted by atomic mass is 16.2. The molecule has 4 heteroatoms. The molecule has 158 valence electrons. The smallest absolute Gasteiger partial charge is 0.223 e. The number of ketones is 1. The summed E-state index contributed by atoms with van der Waals surface area (Å²) in [7, 11) is 0. The Morgan fingerprint density at radius 3 is 2.53 bits per heavy atom. The third kappa shape index (κ3) is 5.65. The predicted molar refractivity (Wildman–Crippen MR) is 121 cm³/mol. The van der Waals surface area contributed by atoms with Gasteiger partial charge in [0.1, 0.15) is 0 Å². The number of benzene rings is 2. The highest BCUT2D eigenvalue weighted by Crippen LogP contribution is 2.38. The number of hydrogen-bond donors (Lipinski definition) is 2. The van der Waals surface area contributed by atoms with Gasteiger partial charge in [0.05, 0.1) is 6.04 Å². The molecule has 0 aliphatic heterocycles. The molecule has 1 fully saturated rings. The van der Waals surface area contributed by atoms with E-state index in [0.717, 1.165) is 30.4 Å². The van der Waals surface area contributed by atoms with E-state index >= 15 is 0 Å². The molecule has 0 heterocycles. The normalized spacial score (nSPS) is 19.3. The fourth-order valence-electron chi connectivity index (χ4n) is 4.26. The van der Waals surface area contributed by atoms with Crippen molar-refractivity contribution in [2.75, 3.05) is 0 Å². The summed E-state index contributed by atoms with van der Waals surface area (Å²) in [5.41, 5.74) is 5.07. The van der Waals surface area contributed by atoms with Gasteiger partial charge in [0.25, 0.3) is 0 Å². The van der Waals surface area contributed by atoms with Gasteiger partial charge in [-0.2, -0.15) is 0 Å². The summed E-state index contributed by atoms with van der Waals surface area (Å²) in [6.45, 7) is 5.64. The number of carbonyl (C=O) groups is 2. The van der Waals surface area contributed by atoms with E-state index in [2.05, 4.69) is 36.5 Å². The molecule has 0 spiro atoms. The van der Waals surface area contributed by atoms with E-state index in [1.807, 2.05) is 24.3 Å². The summed E-state index contributed by atoms with van der Waals surface area (Å²) in [5, 5.41) is 10.6. The molecule has 1 saturated carbocycles. The van der Waals surface area contributed by atoms with Crippen LogP contribution in [0.4, 0.5) is 0 Å². The van der Waals surface area contributed by atoms with Gasteiger partial charge in [0, 0.05) is 18.1 Å². The standard InChI is InChI=1S/C26H32N2O2/c1-17-5-4-6-22(15-17)23-12-13-24(16-23)26(30)28-19(3)25(29)14-9-20-7-10-21(11-8-20)18(2)27/h4-8,10-11,15,19,23-24,27H,9,12-14,16H2,1-3H3,(H,28,30)/t19-,23-,24+/m0/s1. The van der Waals surface area contributed by atoms with E-state index in [0.29, 0.717) is 24.5 Å². The number of nitrogens with one attached hydrogen (secondary N) is 2. The summed E-state index contributed by atoms with van der Waals surface area (Å²) in [6.07, 6.45) is 3.81. The molecule has 1 amide bonds. The summed E-state index contributed by atoms with van der Waals surface area (Å²) in [6, 6.07) is 15.8. The first-order chi connectivity index (χ1) is 14.3. The minimum Gasteiger partial charge on any atom is -0.346 e. The van der Waals surface area contributed by atoms with Crippen molar-refractivity contribution in [1.82, 2.24) is 5.32 Å². The first kappa shape index (κ1) is 21.9. The van der Waals surface area contributed by atoms with Crippen LogP contribution in [0.2, 0.25) is 0 Å². The van der Waals surface area contributed by atoms with E-state index in [9.17, 15) is 9.59 Å². The maximum atomic E-state index is 12.7. The van der Waals surface area contributed by atoms with Gasteiger partial charge in [-0.1, -0.05) is 54.1 Å². The SMILES string of the molecule is CC(=N)c1ccc(CCC(=O)[C@H](C)NC(=O)[C@@H]2CC[C@H](c3cccc(C)c3)C2)cc1. The first-order valence-corrected chi connectivity index (χ1v) is 10.9. The van der Waals surface area contributed by atoms with Gasteiger partial charge < -0.3 is 10.7 Å². The molecule has 1 aliphatic rings. The van der Waals surface area contributed by atoms with Crippen molar-refractivity contribution in [1.29, 1.82) is 5.41 Å². The quantitative estimate of drug-likeness (QED) is 0.610. The minimum absolute atomic E-state index is 0.0109. The van der Waals surface area contributed by atoms with Crippen molar-refractivity contribution in [2.45, 2.75) is 64.8 Å². The molecular weight excluding hydrogens is 372 g/mol. The average molecular weight is 405 g/mol. The van der Waals surface area contributed by atoms with E-state index in [4.69, 9.17) is 5.41 Å². The second-order valence-electron chi connectivity index (χ2n) is 8.64. The lowest BCUT2D eigenvalue weighted by Crippen LogP contribution is -2.41. The van der Waals surface area contributed by atoms with E-state index < -0.39 is 6.04 Å². The zero-order valence-electron chi connectivity index (χ0n) is 18.2. The number of hydrogen-bond acceptors (Lipinski definition) is 3. The lowest BCUT2D eigenvalue weighted by molar-refractivity contribution is -0.129. The number of carbonyl (C=O) groups excluding carboxylic acids is 2. The molecule has 4 nitrogen and oxygen atoms in total. The second kappa shape index (κ2) is 9.84. The summed E-state index contributed by atoms with van der Waals surface area (Å²) >= 11 is 0. The largest absolute Gasteiger partial charge is 0.346 e. The fraction of sp³-hybridized carbons (Fsp3) is 0.423. The number of amides is 1. The predicted octanol–water partition coefficient (Wildman–Crippen LogP) is 4.97. The highest BCUT2D eigenvalue weighted by Gasteiger charge is 2.31. The molecule has 0 aromatic heterocycles. The molecule has 3 rings (SSSR count). The van der Waals surface area contributed by atoms with Crippen molar-refractivity contribution in [3.8, 4) is 0 Å². The molecule has 0 unspecified atom stereocenters. The summed E-state index contributed by atoms with van der Waals surface area (Å²) < 4.78 is 0. The van der Waals surface area contributed by atoms with Crippen LogP contribution < -0.4 is 5.32 Å². The Labute approximate surface area is 179 Å². The van der Waals surface area contributed by atoms with Gasteiger partial charge >= 0.3 is 0 Å². The van der Waals surface area contributed by atoms with Crippen LogP contribution >= 0.6 is 0 Å². The summed E-state index contributed by atoms with van der Waals surface area (Å²) in [4.78, 5) is 25.2. The van der Waals surface area contributed by atoms with Crippen LogP contribution in [-0.4, -0.2) is 23.4 Å². The Balaban J connectivity index is 1.46. The molecule has 2 aromatic rings. The van der Waals surface area contributed by atoms with Gasteiger partial charge in [0.2, 0.25) is 5.91 Å². The van der Waals surface area contributed by atoms with Gasteiger partial charge in [-0.05, 0) is 69.1 Å². The van der Waals surface area contributed by atoms with Crippen LogP contribution in [0.3, 0.4) is 0 Å². The van der Waals surface area contributed by atoms with Crippen molar-refractivity contribution >= 4 is 17.4 Å². The zero-order chi connectivity index (χ0) is 21.7. The van der Waals surface area contributed by atoms with Crippen LogP contribution in [0.5, 0.6) is 0 Å². The maximum Gasteiger partial charge on any atom is 0.223 e. The topological polar surface area (TPSA) is 70.0 Å². The maximum absolute atomic E-state index is 12.7. The van der Waals surface area contributed by atoms with Gasteiger partial charge in [0.15, 0.2) is 5.78 Å². The average Bonchev–Trinajstić information content (AvgIpc) is 3.22. The van der Waals surface area contributed by atoms with Gasteiger partial charge in [-0.3, -0.25) is 9.59 Å². The lowest BCUT2D eigenvalue weighted by atomic mass is 9.95. The highest BCUT2D eigenvalue weighted by molar-refractivity contribution is 5.96. The second-order valence-corrected chi connectivity index (χ2v) is 8.64. The van der Waals surface area contributed by atoms with Crippen LogP contribution in [0.25, 0.3) is 0 Å². The molecule has 0 radical (unpaired) electrons. The van der Waals surface area contributed by atoms with Crippen LogP contribution in [0.15, 0.2) is 48.5 Å². The molecule has 30 heavy (non-hydrogen) atoms. The Morgan fingerprint density at radius 1 is 1.13 bits per heavy atom. The third-order valence-corrected chi connectivity index (χ3v) is 6.21. The first-order valence-electron chi connectivity index (χ1n) is 10.9. The molecule has 1 aliphatic carbocycles. The van der Waals surface area contributed by atoms with E-state index in [1.54, 1.807) is 13.8 Å². The van der Waals surface area contributed by atoms with Gasteiger partial charge in [-0.25, -0.2) is 0 Å². The van der Waals surface area contributed by atoms with Crippen molar-refractivity contribution in [3.63, 3.8) is 0 Å². The zero-order valence-corrected chi connectivity index (χ0v) is 18.2. The lowest BCUT2D eigenvalue weighted by Gasteiger charge is -2.17. The van der Waals surface area contributed by atoms with Crippen LogP contribution in [0.1, 0.15) is 67.7 Å². The van der Waals surface area contributed by atoms with Crippen molar-refractivity contribution in [2.24, 2.45) is 5.92 Å². The van der Waals surface area contributed by atoms with E-state index in [1.165, 1.54) is 11.1 Å². The van der Waals surface area contributed by atoms with Crippen LogP contribution in [0, 0.1) is 18.3 Å². The number of rotatable bonds is 8. The van der Waals surface area contributed by atoms with Crippen molar-refractivity contribution in [3.05, 3.63) is 70.8 Å². The Morgan fingerprint density at radius 2 is 1.87 bits per heavy atom. The molecule has 3 atom stereocenters. The molecule has 2 N–H and O–H groups in total. The number of Topliss-reactive ketones (excluding diaryl/α,β-unsaturated/α-hetero) is 1. The molecule has 2 aromatic carbocycles. The monoisotopic (exact) mass is 404 g/mol. The van der Waals surface area contributed by atoms with Gasteiger partial charge in [-0.15, -0.1) is 0 Å². The molecule has 0 saturated heterocycles. The van der Waals surface area contributed by atoms with Crippen LogP contribution in [-0.2, 0) is 16.0 Å². The minimum atomic E-state index is -0.460. The van der Waals surface area contributed by atoms with Crippen molar-refractivity contribution < 1.29 is 9.59 Å². The summed E-state index contributed by atoms with van der Waals surface area (Å²) in [5.74, 6) is 0.489. The fourth-order valence-corrected chi connectivity index (χ4v) is 4.26. The Bertz CT molecular complexity index is 917. The Kier molecular flexibility index (Phi) is 7.20. The molecule has 0 bridgehead atoms. The third-order valence-electron chi connectivity index (χ3n) is 6.21. The Hall–Kier alpha value is -2.75.